The number of aromatic nitrogens is 1. The number of nitrogens with zero attached hydrogens (tertiary/aromatic N) is 1. The third kappa shape index (κ3) is 3.60. The largest absolute Gasteiger partial charge is 0.505 e. The highest BCUT2D eigenvalue weighted by atomic mass is 35.5. The Labute approximate surface area is 172 Å². The van der Waals surface area contributed by atoms with Gasteiger partial charge in [-0.1, -0.05) is 31.9 Å². The first-order valence-corrected chi connectivity index (χ1v) is 9.61. The number of carboxylic acids is 1. The maximum Gasteiger partial charge on any atom is 0.311 e. The average molecular weight is 418 g/mol. The van der Waals surface area contributed by atoms with Gasteiger partial charge in [-0.2, -0.15) is 0 Å². The molecule has 1 unspecified atom stereocenters. The molecule has 7 heteroatoms. The van der Waals surface area contributed by atoms with Crippen LogP contribution in [-0.4, -0.2) is 26.7 Å². The SMILES string of the molecule is CC[C@H](C)C(C(=O)O)c1c(C)n(C(=O)c2ccc(Cl)cc2)c2cc(F)c(O)cc12. The number of rotatable bonds is 5. The summed E-state index contributed by atoms with van der Waals surface area (Å²) >= 11 is 5.90. The van der Waals surface area contributed by atoms with E-state index >= 15 is 0 Å². The summed E-state index contributed by atoms with van der Waals surface area (Å²) in [5.74, 6) is -4.10. The number of hydrogen-bond donors (Lipinski definition) is 2. The number of aliphatic carboxylic acids is 1. The van der Waals surface area contributed by atoms with Crippen LogP contribution in [0.2, 0.25) is 5.02 Å². The summed E-state index contributed by atoms with van der Waals surface area (Å²) < 4.78 is 15.5. The molecule has 0 aliphatic rings. The van der Waals surface area contributed by atoms with Gasteiger partial charge in [0.15, 0.2) is 11.6 Å². The second-order valence-electron chi connectivity index (χ2n) is 7.17. The first kappa shape index (κ1) is 20.9. The topological polar surface area (TPSA) is 79.5 Å². The van der Waals surface area contributed by atoms with Gasteiger partial charge in [-0.3, -0.25) is 14.2 Å². The molecule has 0 radical (unpaired) electrons. The first-order chi connectivity index (χ1) is 13.7. The van der Waals surface area contributed by atoms with Gasteiger partial charge >= 0.3 is 5.97 Å². The lowest BCUT2D eigenvalue weighted by Crippen LogP contribution is -2.21. The van der Waals surface area contributed by atoms with E-state index in [-0.39, 0.29) is 11.4 Å². The lowest BCUT2D eigenvalue weighted by atomic mass is 9.84. The highest BCUT2D eigenvalue weighted by molar-refractivity contribution is 6.30. The second kappa shape index (κ2) is 7.87. The number of halogens is 2. The summed E-state index contributed by atoms with van der Waals surface area (Å²) in [7, 11) is 0. The predicted molar refractivity (Wildman–Crippen MR) is 109 cm³/mol. The predicted octanol–water partition coefficient (Wildman–Crippen LogP) is 5.35. The monoisotopic (exact) mass is 417 g/mol. The maximum absolute atomic E-state index is 14.2. The molecule has 5 nitrogen and oxygen atoms in total. The first-order valence-electron chi connectivity index (χ1n) is 9.23. The van der Waals surface area contributed by atoms with Crippen molar-refractivity contribution in [3.8, 4) is 5.75 Å². The maximum atomic E-state index is 14.2. The van der Waals surface area contributed by atoms with Crippen LogP contribution in [0.5, 0.6) is 5.75 Å². The number of carbonyl (C=O) groups is 2. The van der Waals surface area contributed by atoms with Crippen molar-refractivity contribution in [2.24, 2.45) is 5.92 Å². The van der Waals surface area contributed by atoms with Gasteiger partial charge in [0.05, 0.1) is 11.4 Å². The molecule has 3 rings (SSSR count). The molecule has 3 aromatic rings. The van der Waals surface area contributed by atoms with Gasteiger partial charge < -0.3 is 10.2 Å². The quantitative estimate of drug-likeness (QED) is 0.586. The molecule has 1 aromatic heterocycles. The number of phenolic OH excluding ortho intramolecular Hbond substituents is 1. The zero-order valence-corrected chi connectivity index (χ0v) is 17.0. The van der Waals surface area contributed by atoms with Gasteiger partial charge in [0.25, 0.3) is 5.91 Å². The van der Waals surface area contributed by atoms with Gasteiger partial charge in [-0.05, 0) is 48.7 Å². The van der Waals surface area contributed by atoms with E-state index < -0.39 is 29.4 Å². The highest BCUT2D eigenvalue weighted by Gasteiger charge is 2.33. The van der Waals surface area contributed by atoms with Crippen LogP contribution in [0.4, 0.5) is 4.39 Å². The molecular weight excluding hydrogens is 397 g/mol. The Morgan fingerprint density at radius 3 is 2.38 bits per heavy atom. The molecule has 29 heavy (non-hydrogen) atoms. The van der Waals surface area contributed by atoms with E-state index in [1.807, 2.05) is 13.8 Å². The molecule has 0 aliphatic carbocycles. The van der Waals surface area contributed by atoms with Crippen molar-refractivity contribution >= 4 is 34.4 Å². The molecular formula is C22H21ClFNO4. The van der Waals surface area contributed by atoms with Gasteiger partial charge in [0.2, 0.25) is 0 Å². The Morgan fingerprint density at radius 2 is 1.83 bits per heavy atom. The molecule has 2 aromatic carbocycles. The molecule has 0 fully saturated rings. The van der Waals surface area contributed by atoms with E-state index in [1.54, 1.807) is 31.2 Å². The summed E-state index contributed by atoms with van der Waals surface area (Å²) in [6.07, 6.45) is 0.599. The standard InChI is InChI=1S/C22H21ClFNO4/c1-4-11(2)19(22(28)29)20-12(3)25(17-10-16(24)18(26)9-15(17)20)21(27)13-5-7-14(23)8-6-13/h5-11,19,26H,4H2,1-3H3,(H,28,29)/t11-,19?/m0/s1. The second-order valence-corrected chi connectivity index (χ2v) is 7.61. The fourth-order valence-electron chi connectivity index (χ4n) is 3.71. The number of aromatic hydroxyl groups is 1. The summed E-state index contributed by atoms with van der Waals surface area (Å²) in [4.78, 5) is 25.3. The summed E-state index contributed by atoms with van der Waals surface area (Å²) in [5, 5.41) is 20.6. The van der Waals surface area contributed by atoms with Crippen LogP contribution in [-0.2, 0) is 4.79 Å². The highest BCUT2D eigenvalue weighted by Crippen LogP contribution is 2.39. The number of carbonyl (C=O) groups excluding carboxylic acids is 1. The minimum atomic E-state index is -1.04. The Kier molecular flexibility index (Phi) is 5.66. The molecule has 152 valence electrons. The third-order valence-electron chi connectivity index (χ3n) is 5.41. The third-order valence-corrected chi connectivity index (χ3v) is 5.66. The van der Waals surface area contributed by atoms with Gasteiger partial charge in [0.1, 0.15) is 0 Å². The lowest BCUT2D eigenvalue weighted by molar-refractivity contribution is -0.140. The van der Waals surface area contributed by atoms with Crippen LogP contribution in [0.15, 0.2) is 36.4 Å². The van der Waals surface area contributed by atoms with E-state index in [4.69, 9.17) is 11.6 Å². The molecule has 0 spiro atoms. The van der Waals surface area contributed by atoms with Crippen LogP contribution in [0.1, 0.15) is 47.8 Å². The van der Waals surface area contributed by atoms with Crippen molar-refractivity contribution in [3.05, 3.63) is 64.1 Å². The summed E-state index contributed by atoms with van der Waals surface area (Å²) in [6.45, 7) is 5.33. The molecule has 0 amide bonds. The fourth-order valence-corrected chi connectivity index (χ4v) is 3.84. The van der Waals surface area contributed by atoms with E-state index in [9.17, 15) is 24.2 Å². The van der Waals surface area contributed by atoms with Gasteiger partial charge in [-0.15, -0.1) is 0 Å². The Bertz CT molecular complexity index is 1100. The van der Waals surface area contributed by atoms with Crippen LogP contribution < -0.4 is 0 Å². The molecule has 0 saturated heterocycles. The minimum absolute atomic E-state index is 0.210. The minimum Gasteiger partial charge on any atom is -0.505 e. The van der Waals surface area contributed by atoms with Crippen molar-refractivity contribution in [2.75, 3.05) is 0 Å². The number of phenols is 1. The van der Waals surface area contributed by atoms with Crippen molar-refractivity contribution in [1.29, 1.82) is 0 Å². The molecule has 1 heterocycles. The van der Waals surface area contributed by atoms with Gasteiger partial charge in [-0.25, -0.2) is 4.39 Å². The molecule has 0 aliphatic heterocycles. The van der Waals surface area contributed by atoms with E-state index in [1.165, 1.54) is 10.6 Å². The fraction of sp³-hybridized carbons (Fsp3) is 0.273. The van der Waals surface area contributed by atoms with Crippen LogP contribution in [0.25, 0.3) is 10.9 Å². The normalized spacial score (nSPS) is 13.4. The average Bonchev–Trinajstić information content (AvgIpc) is 2.93. The Balaban J connectivity index is 2.35. The Hall–Kier alpha value is -2.86. The zero-order valence-electron chi connectivity index (χ0n) is 16.2. The summed E-state index contributed by atoms with van der Waals surface area (Å²) in [6, 6.07) is 8.50. The van der Waals surface area contributed by atoms with Crippen molar-refractivity contribution in [1.82, 2.24) is 4.57 Å². The summed E-state index contributed by atoms with van der Waals surface area (Å²) in [5.41, 5.74) is 1.34. The van der Waals surface area contributed by atoms with Crippen molar-refractivity contribution in [2.45, 2.75) is 33.1 Å². The number of carboxylic acid groups (broad SMARTS) is 1. The van der Waals surface area contributed by atoms with E-state index in [0.717, 1.165) is 6.07 Å². The molecule has 0 bridgehead atoms. The number of fused-ring (bicyclic) bond motifs is 1. The lowest BCUT2D eigenvalue weighted by Gasteiger charge is -2.20. The van der Waals surface area contributed by atoms with Crippen molar-refractivity contribution in [3.63, 3.8) is 0 Å². The van der Waals surface area contributed by atoms with E-state index in [2.05, 4.69) is 0 Å². The van der Waals surface area contributed by atoms with Crippen molar-refractivity contribution < 1.29 is 24.2 Å². The van der Waals surface area contributed by atoms with Gasteiger partial charge in [0, 0.05) is 27.7 Å². The van der Waals surface area contributed by atoms with Crippen LogP contribution in [0, 0.1) is 18.7 Å². The van der Waals surface area contributed by atoms with Crippen LogP contribution in [0.3, 0.4) is 0 Å². The number of hydrogen-bond acceptors (Lipinski definition) is 3. The zero-order chi connectivity index (χ0) is 21.5. The Morgan fingerprint density at radius 1 is 1.21 bits per heavy atom. The smallest absolute Gasteiger partial charge is 0.311 e. The molecule has 0 saturated carbocycles. The molecule has 2 atom stereocenters. The number of benzene rings is 2. The van der Waals surface area contributed by atoms with Crippen LogP contribution >= 0.6 is 11.6 Å². The molecule has 2 N–H and O–H groups in total. The van der Waals surface area contributed by atoms with E-state index in [0.29, 0.717) is 33.7 Å².